The molecule has 0 spiro atoms. The largest absolute Gasteiger partial charge is 0.467 e. The minimum absolute atomic E-state index is 0.0345. The fourth-order valence-electron chi connectivity index (χ4n) is 2.95. The van der Waals surface area contributed by atoms with Gasteiger partial charge in [0.1, 0.15) is 12.3 Å². The van der Waals surface area contributed by atoms with Gasteiger partial charge in [-0.3, -0.25) is 4.79 Å². The van der Waals surface area contributed by atoms with Crippen molar-refractivity contribution in [2.75, 3.05) is 0 Å². The van der Waals surface area contributed by atoms with Gasteiger partial charge < -0.3 is 13.9 Å². The molecule has 0 saturated carbocycles. The topological polar surface area (TPSA) is 38.4 Å². The highest BCUT2D eigenvalue weighted by Gasteiger charge is 2.17. The summed E-state index contributed by atoms with van der Waals surface area (Å²) >= 11 is 7.76. The standard InChI is InChI=1S/C20H17ClN2O2S/c21-16-6-5-15-7-8-22(19(15)11-16)14-20(24)23(12-17-3-1-9-25-17)13-18-4-2-10-26-18/h1-11H,12-14H2. The number of aromatic nitrogens is 1. The summed E-state index contributed by atoms with van der Waals surface area (Å²) in [6.07, 6.45) is 3.56. The van der Waals surface area contributed by atoms with Gasteiger partial charge in [-0.05, 0) is 47.2 Å². The van der Waals surface area contributed by atoms with Crippen LogP contribution < -0.4 is 0 Å². The van der Waals surface area contributed by atoms with E-state index in [0.29, 0.717) is 18.1 Å². The number of carbonyl (C=O) groups is 1. The van der Waals surface area contributed by atoms with E-state index in [-0.39, 0.29) is 12.5 Å². The monoisotopic (exact) mass is 384 g/mol. The summed E-state index contributed by atoms with van der Waals surface area (Å²) in [6.45, 7) is 1.27. The van der Waals surface area contributed by atoms with Gasteiger partial charge in [-0.2, -0.15) is 0 Å². The van der Waals surface area contributed by atoms with E-state index in [1.165, 1.54) is 0 Å². The predicted octanol–water partition coefficient (Wildman–Crippen LogP) is 5.18. The van der Waals surface area contributed by atoms with Gasteiger partial charge in [-0.1, -0.05) is 23.7 Å². The van der Waals surface area contributed by atoms with Crippen LogP contribution in [0.1, 0.15) is 10.6 Å². The van der Waals surface area contributed by atoms with Gasteiger partial charge in [0.05, 0.1) is 19.4 Å². The number of furan rings is 1. The van der Waals surface area contributed by atoms with Gasteiger partial charge in [-0.15, -0.1) is 11.3 Å². The van der Waals surface area contributed by atoms with Crippen molar-refractivity contribution in [3.63, 3.8) is 0 Å². The molecular formula is C20H17ClN2O2S. The van der Waals surface area contributed by atoms with E-state index in [4.69, 9.17) is 16.0 Å². The highest BCUT2D eigenvalue weighted by atomic mass is 35.5. The first kappa shape index (κ1) is 16.9. The molecule has 4 rings (SSSR count). The number of nitrogens with zero attached hydrogens (tertiary/aromatic N) is 2. The van der Waals surface area contributed by atoms with Crippen molar-refractivity contribution in [2.45, 2.75) is 19.6 Å². The van der Waals surface area contributed by atoms with Gasteiger partial charge in [0.15, 0.2) is 0 Å². The average molecular weight is 385 g/mol. The van der Waals surface area contributed by atoms with Crippen LogP contribution >= 0.6 is 22.9 Å². The van der Waals surface area contributed by atoms with Crippen molar-refractivity contribution >= 4 is 39.7 Å². The van der Waals surface area contributed by atoms with Gasteiger partial charge >= 0.3 is 0 Å². The fourth-order valence-corrected chi connectivity index (χ4v) is 3.84. The minimum Gasteiger partial charge on any atom is -0.467 e. The Morgan fingerprint density at radius 1 is 1.15 bits per heavy atom. The van der Waals surface area contributed by atoms with E-state index in [1.807, 2.05) is 69.6 Å². The Balaban J connectivity index is 1.57. The van der Waals surface area contributed by atoms with Gasteiger partial charge in [0.2, 0.25) is 5.91 Å². The molecule has 1 aromatic carbocycles. The molecule has 26 heavy (non-hydrogen) atoms. The van der Waals surface area contributed by atoms with Crippen LogP contribution in [0.5, 0.6) is 0 Å². The normalized spacial score (nSPS) is 11.1. The Kier molecular flexibility index (Phi) is 4.82. The van der Waals surface area contributed by atoms with Gasteiger partial charge in [0, 0.05) is 21.6 Å². The lowest BCUT2D eigenvalue weighted by Crippen LogP contribution is -2.32. The van der Waals surface area contributed by atoms with Crippen LogP contribution in [0, 0.1) is 0 Å². The second-order valence-electron chi connectivity index (χ2n) is 6.06. The van der Waals surface area contributed by atoms with Crippen LogP contribution in [0.4, 0.5) is 0 Å². The molecule has 0 atom stereocenters. The Morgan fingerprint density at radius 2 is 2.08 bits per heavy atom. The van der Waals surface area contributed by atoms with Crippen LogP contribution in [-0.4, -0.2) is 15.4 Å². The number of hydrogen-bond donors (Lipinski definition) is 0. The third-order valence-corrected chi connectivity index (χ3v) is 5.34. The molecule has 0 unspecified atom stereocenters. The first-order chi connectivity index (χ1) is 12.7. The highest BCUT2D eigenvalue weighted by Crippen LogP contribution is 2.21. The van der Waals surface area contributed by atoms with Crippen LogP contribution in [0.15, 0.2) is 70.8 Å². The average Bonchev–Trinajstić information content (AvgIpc) is 3.37. The molecule has 3 aromatic heterocycles. The molecule has 0 aliphatic heterocycles. The zero-order chi connectivity index (χ0) is 17.9. The minimum atomic E-state index is 0.0345. The third-order valence-electron chi connectivity index (χ3n) is 4.25. The molecule has 0 aliphatic carbocycles. The summed E-state index contributed by atoms with van der Waals surface area (Å²) in [6, 6.07) is 15.5. The first-order valence-corrected chi connectivity index (χ1v) is 9.52. The predicted molar refractivity (Wildman–Crippen MR) is 104 cm³/mol. The van der Waals surface area contributed by atoms with Crippen LogP contribution in [0.3, 0.4) is 0 Å². The van der Waals surface area contributed by atoms with E-state index in [0.717, 1.165) is 21.5 Å². The maximum absolute atomic E-state index is 13.0. The molecule has 1 amide bonds. The van der Waals surface area contributed by atoms with Crippen LogP contribution in [0.2, 0.25) is 5.02 Å². The summed E-state index contributed by atoms with van der Waals surface area (Å²) in [4.78, 5) is 16.0. The van der Waals surface area contributed by atoms with Crippen molar-refractivity contribution < 1.29 is 9.21 Å². The Hall–Kier alpha value is -2.50. The summed E-state index contributed by atoms with van der Waals surface area (Å²) < 4.78 is 7.38. The van der Waals surface area contributed by atoms with Crippen molar-refractivity contribution in [1.29, 1.82) is 0 Å². The number of halogens is 1. The van der Waals surface area contributed by atoms with E-state index in [1.54, 1.807) is 17.6 Å². The smallest absolute Gasteiger partial charge is 0.243 e. The lowest BCUT2D eigenvalue weighted by Gasteiger charge is -2.21. The fraction of sp³-hybridized carbons (Fsp3) is 0.150. The molecule has 6 heteroatoms. The number of fused-ring (bicyclic) bond motifs is 1. The number of carbonyl (C=O) groups excluding carboxylic acids is 1. The van der Waals surface area contributed by atoms with E-state index >= 15 is 0 Å². The molecule has 0 bridgehead atoms. The molecule has 0 saturated heterocycles. The number of benzene rings is 1. The van der Waals surface area contributed by atoms with Crippen molar-refractivity contribution in [2.24, 2.45) is 0 Å². The Morgan fingerprint density at radius 3 is 2.85 bits per heavy atom. The zero-order valence-corrected chi connectivity index (χ0v) is 15.5. The van der Waals surface area contributed by atoms with Crippen molar-refractivity contribution in [3.8, 4) is 0 Å². The SMILES string of the molecule is O=C(Cn1ccc2ccc(Cl)cc21)N(Cc1ccco1)Cc1cccs1. The second kappa shape index (κ2) is 7.40. The molecule has 0 fully saturated rings. The maximum atomic E-state index is 13.0. The van der Waals surface area contributed by atoms with Gasteiger partial charge in [0.25, 0.3) is 0 Å². The summed E-state index contributed by atoms with van der Waals surface area (Å²) in [7, 11) is 0. The van der Waals surface area contributed by atoms with Crippen LogP contribution in [0.25, 0.3) is 10.9 Å². The number of thiophene rings is 1. The zero-order valence-electron chi connectivity index (χ0n) is 14.0. The quantitative estimate of drug-likeness (QED) is 0.459. The molecule has 0 aliphatic rings. The summed E-state index contributed by atoms with van der Waals surface area (Å²) in [5, 5.41) is 3.75. The molecule has 0 N–H and O–H groups in total. The Labute approximate surface area is 160 Å². The number of hydrogen-bond acceptors (Lipinski definition) is 3. The molecule has 4 nitrogen and oxygen atoms in total. The highest BCUT2D eigenvalue weighted by molar-refractivity contribution is 7.09. The number of rotatable bonds is 6. The van der Waals surface area contributed by atoms with Crippen molar-refractivity contribution in [1.82, 2.24) is 9.47 Å². The summed E-state index contributed by atoms with van der Waals surface area (Å²) in [5.41, 5.74) is 0.958. The molecule has 132 valence electrons. The molecule has 4 aromatic rings. The third kappa shape index (κ3) is 3.69. The van der Waals surface area contributed by atoms with Crippen molar-refractivity contribution in [3.05, 3.63) is 82.0 Å². The lowest BCUT2D eigenvalue weighted by molar-refractivity contribution is -0.133. The maximum Gasteiger partial charge on any atom is 0.243 e. The molecular weight excluding hydrogens is 368 g/mol. The Bertz CT molecular complexity index is 970. The second-order valence-corrected chi connectivity index (χ2v) is 7.52. The summed E-state index contributed by atoms with van der Waals surface area (Å²) in [5.74, 6) is 0.808. The molecule has 0 radical (unpaired) electrons. The van der Waals surface area contributed by atoms with E-state index in [9.17, 15) is 4.79 Å². The van der Waals surface area contributed by atoms with E-state index in [2.05, 4.69) is 0 Å². The first-order valence-electron chi connectivity index (χ1n) is 8.26. The number of amides is 1. The van der Waals surface area contributed by atoms with Gasteiger partial charge in [-0.25, -0.2) is 0 Å². The van der Waals surface area contributed by atoms with Crippen LogP contribution in [-0.2, 0) is 24.4 Å². The molecule has 3 heterocycles. The van der Waals surface area contributed by atoms with E-state index < -0.39 is 0 Å². The lowest BCUT2D eigenvalue weighted by atomic mass is 10.2.